The van der Waals surface area contributed by atoms with E-state index in [4.69, 9.17) is 4.74 Å². The number of nitrogens with one attached hydrogen (secondary N) is 2. The lowest BCUT2D eigenvalue weighted by Crippen LogP contribution is -2.35. The van der Waals surface area contributed by atoms with E-state index < -0.39 is 0 Å². The number of ether oxygens (including phenoxy) is 1. The third-order valence-electron chi connectivity index (χ3n) is 4.03. The summed E-state index contributed by atoms with van der Waals surface area (Å²) in [7, 11) is 0. The monoisotopic (exact) mass is 385 g/mol. The summed E-state index contributed by atoms with van der Waals surface area (Å²) in [6, 6.07) is 4.10. The highest BCUT2D eigenvalue weighted by Crippen LogP contribution is 2.31. The Morgan fingerprint density at radius 3 is 2.74 bits per heavy atom. The van der Waals surface area contributed by atoms with E-state index in [1.54, 1.807) is 0 Å². The predicted molar refractivity (Wildman–Crippen MR) is 113 cm³/mol. The first-order valence-corrected chi connectivity index (χ1v) is 9.95. The molecule has 0 radical (unpaired) electrons. The number of aryl methyl sites for hydroxylation is 2. The van der Waals surface area contributed by atoms with Crippen LogP contribution in [0.2, 0.25) is 0 Å². The summed E-state index contributed by atoms with van der Waals surface area (Å²) in [6.45, 7) is 12.3. The number of hydrogen-bond acceptors (Lipinski definition) is 7. The zero-order chi connectivity index (χ0) is 19.4. The van der Waals surface area contributed by atoms with Crippen molar-refractivity contribution in [3.8, 4) is 10.9 Å². The molecular formula is C20H27N5OS. The second kappa shape index (κ2) is 8.08. The molecule has 1 aliphatic heterocycles. The van der Waals surface area contributed by atoms with Crippen LogP contribution in [0.4, 0.5) is 5.69 Å². The number of aromatic nitrogens is 2. The number of benzene rings is 1. The topological polar surface area (TPSA) is 71.4 Å². The van der Waals surface area contributed by atoms with Crippen molar-refractivity contribution < 1.29 is 4.74 Å². The lowest BCUT2D eigenvalue weighted by molar-refractivity contribution is 0.474. The van der Waals surface area contributed by atoms with E-state index in [1.165, 1.54) is 11.5 Å². The van der Waals surface area contributed by atoms with Gasteiger partial charge in [0.1, 0.15) is 5.75 Å². The van der Waals surface area contributed by atoms with Crippen LogP contribution >= 0.6 is 11.5 Å². The summed E-state index contributed by atoms with van der Waals surface area (Å²) in [4.78, 5) is 8.91. The maximum Gasteiger partial charge on any atom is 0.299 e. The van der Waals surface area contributed by atoms with Gasteiger partial charge in [-0.05, 0) is 55.0 Å². The fourth-order valence-corrected chi connectivity index (χ4v) is 3.06. The summed E-state index contributed by atoms with van der Waals surface area (Å²) in [5, 5.41) is 7.19. The molecule has 2 N–H and O–H groups in total. The number of allylic oxidation sites excluding steroid dienone is 1. The number of guanidine groups is 1. The molecule has 3 rings (SSSR count). The molecular weight excluding hydrogens is 358 g/mol. The molecule has 0 saturated heterocycles. The van der Waals surface area contributed by atoms with Gasteiger partial charge in [0.05, 0.1) is 0 Å². The zero-order valence-corrected chi connectivity index (χ0v) is 17.4. The second-order valence-electron chi connectivity index (χ2n) is 7.79. The van der Waals surface area contributed by atoms with Crippen LogP contribution in [0.3, 0.4) is 0 Å². The van der Waals surface area contributed by atoms with Gasteiger partial charge in [0, 0.05) is 30.3 Å². The van der Waals surface area contributed by atoms with Gasteiger partial charge < -0.3 is 15.4 Å². The largest absolute Gasteiger partial charge is 0.430 e. The molecule has 0 fully saturated rings. The van der Waals surface area contributed by atoms with Crippen molar-refractivity contribution >= 4 is 29.3 Å². The van der Waals surface area contributed by atoms with Crippen molar-refractivity contribution in [1.29, 1.82) is 0 Å². The molecule has 1 aromatic carbocycles. The van der Waals surface area contributed by atoms with Gasteiger partial charge in [-0.2, -0.15) is 9.36 Å². The van der Waals surface area contributed by atoms with Crippen molar-refractivity contribution in [1.82, 2.24) is 14.7 Å². The quantitative estimate of drug-likeness (QED) is 0.793. The number of aliphatic imine (C=N–C) groups is 1. The molecule has 1 aliphatic rings. The van der Waals surface area contributed by atoms with Crippen molar-refractivity contribution in [2.75, 3.05) is 18.4 Å². The molecule has 2 heterocycles. The van der Waals surface area contributed by atoms with Gasteiger partial charge in [-0.1, -0.05) is 26.8 Å². The van der Waals surface area contributed by atoms with E-state index in [2.05, 4.69) is 64.8 Å². The minimum Gasteiger partial charge on any atom is -0.430 e. The van der Waals surface area contributed by atoms with Gasteiger partial charge in [0.15, 0.2) is 11.8 Å². The highest BCUT2D eigenvalue weighted by molar-refractivity contribution is 7.07. The molecule has 27 heavy (non-hydrogen) atoms. The third kappa shape index (κ3) is 5.53. The van der Waals surface area contributed by atoms with E-state index >= 15 is 0 Å². The molecule has 2 aromatic rings. The number of anilines is 1. The number of rotatable bonds is 4. The first kappa shape index (κ1) is 19.4. The molecule has 0 atom stereocenters. The maximum absolute atomic E-state index is 5.98. The molecule has 0 saturated carbocycles. The number of hydrogen-bond donors (Lipinski definition) is 2. The average Bonchev–Trinajstić information content (AvgIpc) is 3.05. The Balaban J connectivity index is 1.72. The van der Waals surface area contributed by atoms with Crippen LogP contribution in [0, 0.1) is 19.3 Å². The Morgan fingerprint density at radius 1 is 1.22 bits per heavy atom. The van der Waals surface area contributed by atoms with E-state index in [9.17, 15) is 0 Å². The Hall–Kier alpha value is -2.41. The molecule has 0 bridgehead atoms. The summed E-state index contributed by atoms with van der Waals surface area (Å²) >= 11 is 1.26. The summed E-state index contributed by atoms with van der Waals surface area (Å²) in [6.07, 6.45) is 5.11. The molecule has 1 aromatic heterocycles. The first-order chi connectivity index (χ1) is 12.8. The van der Waals surface area contributed by atoms with Crippen LogP contribution < -0.4 is 15.4 Å². The molecule has 0 aliphatic carbocycles. The van der Waals surface area contributed by atoms with Crippen LogP contribution in [0.5, 0.6) is 10.9 Å². The minimum atomic E-state index is 0.0976. The fourth-order valence-electron chi connectivity index (χ4n) is 2.53. The Morgan fingerprint density at radius 2 is 2.04 bits per heavy atom. The molecule has 0 spiro atoms. The van der Waals surface area contributed by atoms with Gasteiger partial charge in [-0.25, -0.2) is 0 Å². The SMILES string of the molecule is Cc1cc(Oc2nc(/C=C/C(C)(C)C)ns2)c(C)cc1NC1=NCCCN1. The average molecular weight is 386 g/mol. The molecule has 144 valence electrons. The predicted octanol–water partition coefficient (Wildman–Crippen LogP) is 4.77. The van der Waals surface area contributed by atoms with E-state index in [0.717, 1.165) is 48.0 Å². The van der Waals surface area contributed by atoms with E-state index in [1.807, 2.05) is 19.1 Å². The van der Waals surface area contributed by atoms with Crippen molar-refractivity contribution in [2.24, 2.45) is 10.4 Å². The lowest BCUT2D eigenvalue weighted by atomic mass is 9.96. The normalized spacial score (nSPS) is 14.8. The van der Waals surface area contributed by atoms with Crippen LogP contribution in [0.25, 0.3) is 6.08 Å². The van der Waals surface area contributed by atoms with Crippen molar-refractivity contribution in [2.45, 2.75) is 41.0 Å². The van der Waals surface area contributed by atoms with Crippen molar-refractivity contribution in [3.63, 3.8) is 0 Å². The maximum atomic E-state index is 5.98. The molecule has 6 nitrogen and oxygen atoms in total. The summed E-state index contributed by atoms with van der Waals surface area (Å²) < 4.78 is 10.3. The van der Waals surface area contributed by atoms with Crippen LogP contribution in [0.15, 0.2) is 23.2 Å². The lowest BCUT2D eigenvalue weighted by Gasteiger charge is -2.18. The highest BCUT2D eigenvalue weighted by Gasteiger charge is 2.12. The second-order valence-corrected chi connectivity index (χ2v) is 8.50. The van der Waals surface area contributed by atoms with Crippen LogP contribution in [0.1, 0.15) is 44.1 Å². The zero-order valence-electron chi connectivity index (χ0n) is 16.6. The van der Waals surface area contributed by atoms with Gasteiger partial charge in [0.25, 0.3) is 5.19 Å². The van der Waals surface area contributed by atoms with E-state index in [-0.39, 0.29) is 5.41 Å². The Bertz CT molecular complexity index is 864. The molecule has 0 unspecified atom stereocenters. The smallest absolute Gasteiger partial charge is 0.299 e. The fraction of sp³-hybridized carbons (Fsp3) is 0.450. The molecule has 7 heteroatoms. The Labute approximate surface area is 165 Å². The van der Waals surface area contributed by atoms with Crippen molar-refractivity contribution in [3.05, 3.63) is 35.2 Å². The highest BCUT2D eigenvalue weighted by atomic mass is 32.1. The summed E-state index contributed by atoms with van der Waals surface area (Å²) in [5.41, 5.74) is 3.24. The van der Waals surface area contributed by atoms with E-state index in [0.29, 0.717) is 11.0 Å². The first-order valence-electron chi connectivity index (χ1n) is 9.17. The number of nitrogens with zero attached hydrogens (tertiary/aromatic N) is 3. The summed E-state index contributed by atoms with van der Waals surface area (Å²) in [5.74, 6) is 2.30. The standard InChI is InChI=1S/C20H27N5OS/c1-13-12-16(14(2)11-15(13)23-18-21-9-6-10-22-18)26-19-24-17(25-27-19)7-8-20(3,4)5/h7-8,11-12H,6,9-10H2,1-5H3,(H2,21,22,23)/b8-7+. The van der Waals surface area contributed by atoms with Gasteiger partial charge in [-0.3, -0.25) is 4.99 Å². The molecule has 0 amide bonds. The minimum absolute atomic E-state index is 0.0976. The van der Waals surface area contributed by atoms with Gasteiger partial charge in [0.2, 0.25) is 0 Å². The third-order valence-corrected chi connectivity index (χ3v) is 4.63. The van der Waals surface area contributed by atoms with Crippen LogP contribution in [-0.4, -0.2) is 28.4 Å². The van der Waals surface area contributed by atoms with Gasteiger partial charge >= 0.3 is 0 Å². The Kier molecular flexibility index (Phi) is 5.79. The van der Waals surface area contributed by atoms with Gasteiger partial charge in [-0.15, -0.1) is 0 Å². The van der Waals surface area contributed by atoms with Crippen LogP contribution in [-0.2, 0) is 0 Å².